The minimum atomic E-state index is -1.11. The van der Waals surface area contributed by atoms with Crippen LogP contribution in [0.5, 0.6) is 0 Å². The number of amides is 2. The first-order valence-corrected chi connectivity index (χ1v) is 44.1. The lowest BCUT2D eigenvalue weighted by atomic mass is 9.95. The molecule has 35 heteroatoms. The maximum atomic E-state index is 13.4. The molecule has 18 rings (SSSR count). The van der Waals surface area contributed by atoms with Crippen LogP contribution in [-0.4, -0.2) is 206 Å². The maximum absolute atomic E-state index is 13.4. The van der Waals surface area contributed by atoms with E-state index >= 15 is 0 Å². The van der Waals surface area contributed by atoms with Crippen molar-refractivity contribution < 1.29 is 34.4 Å². The van der Waals surface area contributed by atoms with Crippen LogP contribution in [0.2, 0.25) is 0 Å². The highest BCUT2D eigenvalue weighted by molar-refractivity contribution is 7.98. The number of aromatic nitrogens is 15. The van der Waals surface area contributed by atoms with Crippen LogP contribution in [0.4, 0.5) is 55.6 Å². The van der Waals surface area contributed by atoms with E-state index in [1.807, 2.05) is 187 Å². The average Bonchev–Trinajstić information content (AvgIpc) is 1.61. The number of benzene rings is 3. The summed E-state index contributed by atoms with van der Waals surface area (Å²) in [7, 11) is 0. The molecule has 6 aliphatic rings. The topological polar surface area (TPSA) is 388 Å². The molecule has 6 bridgehead atoms. The van der Waals surface area contributed by atoms with E-state index in [0.29, 0.717) is 182 Å². The van der Waals surface area contributed by atoms with Gasteiger partial charge in [0.05, 0.1) is 36.7 Å². The minimum absolute atomic E-state index is 0.157. The molecule has 664 valence electrons. The number of carbonyl (C=O) groups excluding carboxylic acids is 2. The highest BCUT2D eigenvalue weighted by atomic mass is 32.2. The molecule has 0 saturated carbocycles. The SMILES string of the molecule is CC(C)(C)OC(=O)N1CCN(c2ccc(N)cc2)CC1.CC(C)(C)OC(=O)N1CCN(c2ccc(Nc3ncc4c(=O)n5n(c4n3)-c3cccc(n3)C(C)(O)CC/C=C\C5)cc2)CC1.CC1(O)CC/C=C\Cn2c(=O)c3cnc(Nc4ccc(N5CCNCC5)cc4)nc3n2-c2cccc1n2.CSc1ncc2c(=O)n3n(c2n1)-c1cccc(n1)C(C)(O)CC/C=C\C3. The fourth-order valence-corrected chi connectivity index (χ4v) is 16.0. The van der Waals surface area contributed by atoms with Crippen LogP contribution < -0.4 is 53.1 Å². The number of piperazine rings is 3. The van der Waals surface area contributed by atoms with Crippen molar-refractivity contribution in [3.63, 3.8) is 0 Å². The molecule has 34 nitrogen and oxygen atoms in total. The predicted octanol–water partition coefficient (Wildman–Crippen LogP) is 11.6. The first-order chi connectivity index (χ1) is 60.8. The number of nitrogens with two attached hydrogens (primary N) is 1. The molecule has 2 amide bonds. The average molecular weight is 1740 g/mol. The van der Waals surface area contributed by atoms with E-state index in [-0.39, 0.29) is 28.9 Å². The number of pyridine rings is 3. The number of aliphatic hydroxyl groups is 3. The van der Waals surface area contributed by atoms with Crippen molar-refractivity contribution in [1.82, 2.24) is 88.1 Å². The number of thioether (sulfide) groups is 1. The van der Waals surface area contributed by atoms with Crippen molar-refractivity contribution in [2.24, 2.45) is 0 Å². The summed E-state index contributed by atoms with van der Waals surface area (Å²) in [6, 6.07) is 40.3. The van der Waals surface area contributed by atoms with Gasteiger partial charge < -0.3 is 71.0 Å². The van der Waals surface area contributed by atoms with Gasteiger partial charge in [-0.05, 0) is 216 Å². The summed E-state index contributed by atoms with van der Waals surface area (Å²) < 4.78 is 20.8. The zero-order valence-electron chi connectivity index (χ0n) is 73.3. The lowest BCUT2D eigenvalue weighted by Gasteiger charge is -2.36. The van der Waals surface area contributed by atoms with Crippen LogP contribution in [0.25, 0.3) is 50.6 Å². The van der Waals surface area contributed by atoms with Gasteiger partial charge in [0.15, 0.2) is 39.6 Å². The Bertz CT molecular complexity index is 6230. The third-order valence-corrected chi connectivity index (χ3v) is 23.2. The number of nitrogen functional groups attached to an aromatic ring is 1. The van der Waals surface area contributed by atoms with Gasteiger partial charge in [0.25, 0.3) is 16.7 Å². The van der Waals surface area contributed by atoms with E-state index in [0.717, 1.165) is 67.7 Å². The zero-order chi connectivity index (χ0) is 89.5. The lowest BCUT2D eigenvalue weighted by molar-refractivity contribution is 0.0230. The van der Waals surface area contributed by atoms with Gasteiger partial charge in [0, 0.05) is 131 Å². The molecule has 127 heavy (non-hydrogen) atoms. The largest absolute Gasteiger partial charge is 0.444 e. The van der Waals surface area contributed by atoms with Crippen molar-refractivity contribution >= 4 is 103 Å². The second kappa shape index (κ2) is 37.6. The molecule has 3 fully saturated rings. The zero-order valence-corrected chi connectivity index (χ0v) is 74.1. The number of nitrogens with zero attached hydrogens (tertiary/aromatic N) is 20. The molecule has 9 aromatic heterocycles. The highest BCUT2D eigenvalue weighted by Gasteiger charge is 2.33. The van der Waals surface area contributed by atoms with E-state index in [1.165, 1.54) is 23.6 Å². The van der Waals surface area contributed by atoms with Crippen molar-refractivity contribution in [3.05, 3.63) is 231 Å². The molecular weight excluding hydrogens is 1630 g/mol. The highest BCUT2D eigenvalue weighted by Crippen LogP contribution is 2.33. The van der Waals surface area contributed by atoms with E-state index in [2.05, 4.69) is 67.7 Å². The molecule has 15 heterocycles. The maximum Gasteiger partial charge on any atom is 0.410 e. The normalized spacial score (nSPS) is 19.7. The summed E-state index contributed by atoms with van der Waals surface area (Å²) in [5.74, 6) is 2.29. The molecule has 3 atom stereocenters. The summed E-state index contributed by atoms with van der Waals surface area (Å²) in [6.07, 6.45) is 21.4. The van der Waals surface area contributed by atoms with Crippen molar-refractivity contribution in [3.8, 4) is 17.5 Å². The number of hydrogen-bond donors (Lipinski definition) is 7. The first kappa shape index (κ1) is 88.8. The molecule has 0 spiro atoms. The van der Waals surface area contributed by atoms with Gasteiger partial charge in [0.2, 0.25) is 11.9 Å². The van der Waals surface area contributed by atoms with Crippen LogP contribution in [0, 0.1) is 0 Å². The molecule has 3 unspecified atom stereocenters. The standard InChI is InChI=1S/C32H38N8O4.C27H30N8O2.C18H19N5O2S.C15H23N3O2/c1-31(2,3)44-30(42)38-19-17-37(18-20-38)23-13-11-22(12-14-23)34-29-33-21-24-27(36-29)40-26-10-8-9-25(35-26)32(4,43)15-6-5-7-16-39(40)28(24)41;1-27(37)12-3-2-4-15-34-25(36)21-18-29-26(32-24(21)35(34)23-7-5-6-22(27)31-23)30-19-8-10-20(11-9-19)33-16-13-28-14-17-33;1-18(25)9-4-3-5-10-22-16(24)12-11-19-17(26-2)21-15(12)23(22)14-8-6-7-13(18)20-14;1-15(2,3)20-14(19)18-10-8-17(9-11-18)13-6-4-12(16)5-7-13/h5,7-14,21,43H,6,15-20H2,1-4H3,(H,33,34,36);2,4-11,18,28,37H,3,12-17H2,1H3,(H,29,30,32);3,5-8,11,25H,4,9-10H2,1-2H3;4-7H,8-11,16H2,1-3H3/b7-5-;4-2-;5-3-;. The van der Waals surface area contributed by atoms with E-state index in [9.17, 15) is 39.3 Å². The number of carbonyl (C=O) groups is 2. The van der Waals surface area contributed by atoms with E-state index in [1.54, 1.807) is 83.2 Å². The molecule has 3 saturated heterocycles. The number of rotatable bonds is 8. The Labute approximate surface area is 739 Å². The number of fused-ring (bicyclic) bond motifs is 18. The number of allylic oxidation sites excluding steroid dienone is 6. The van der Waals surface area contributed by atoms with Gasteiger partial charge >= 0.3 is 12.2 Å². The van der Waals surface area contributed by atoms with Gasteiger partial charge in [-0.25, -0.2) is 72.6 Å². The molecular formula is C92H110N24O10S. The molecule has 6 aliphatic heterocycles. The summed E-state index contributed by atoms with van der Waals surface area (Å²) in [5.41, 5.74) is 9.77. The van der Waals surface area contributed by atoms with Gasteiger partial charge in [-0.3, -0.25) is 14.4 Å². The van der Waals surface area contributed by atoms with Crippen LogP contribution in [0.15, 0.2) is 202 Å². The molecule has 8 N–H and O–H groups in total. The van der Waals surface area contributed by atoms with Gasteiger partial charge in [-0.1, -0.05) is 66.4 Å². The summed E-state index contributed by atoms with van der Waals surface area (Å²) in [6.45, 7) is 27.2. The third kappa shape index (κ3) is 20.7. The summed E-state index contributed by atoms with van der Waals surface area (Å²) in [4.78, 5) is 116. The smallest absolute Gasteiger partial charge is 0.410 e. The Morgan fingerprint density at radius 2 is 0.764 bits per heavy atom. The lowest BCUT2D eigenvalue weighted by Crippen LogP contribution is -2.50. The fraction of sp³-hybridized carbons (Fsp3) is 0.391. The second-order valence-electron chi connectivity index (χ2n) is 34.6. The predicted molar refractivity (Wildman–Crippen MR) is 494 cm³/mol. The number of anilines is 8. The van der Waals surface area contributed by atoms with Crippen LogP contribution in [-0.2, 0) is 45.9 Å². The summed E-state index contributed by atoms with van der Waals surface area (Å²) >= 11 is 1.42. The van der Waals surface area contributed by atoms with Crippen molar-refractivity contribution in [2.75, 3.05) is 116 Å². The van der Waals surface area contributed by atoms with Gasteiger partial charge in [-0.15, -0.1) is 0 Å². The Balaban J connectivity index is 0.000000136. The fourth-order valence-electron chi connectivity index (χ4n) is 15.7. The third-order valence-electron chi connectivity index (χ3n) is 22.6. The molecule has 0 radical (unpaired) electrons. The van der Waals surface area contributed by atoms with Gasteiger partial charge in [-0.2, -0.15) is 9.97 Å². The summed E-state index contributed by atoms with van der Waals surface area (Å²) in [5, 5.41) is 44.6. The van der Waals surface area contributed by atoms with E-state index < -0.39 is 28.0 Å². The monoisotopic (exact) mass is 1740 g/mol. The minimum Gasteiger partial charge on any atom is -0.444 e. The number of hydrogen-bond acceptors (Lipinski definition) is 27. The Morgan fingerprint density at radius 1 is 0.433 bits per heavy atom. The van der Waals surface area contributed by atoms with Crippen LogP contribution >= 0.6 is 11.8 Å². The number of ether oxygens (including phenoxy) is 2. The number of nitrogens with one attached hydrogen (secondary N) is 3. The van der Waals surface area contributed by atoms with E-state index in [4.69, 9.17) is 35.1 Å². The second-order valence-corrected chi connectivity index (χ2v) is 35.4. The first-order valence-electron chi connectivity index (χ1n) is 42.9. The quantitative estimate of drug-likeness (QED) is 0.0321. The Morgan fingerprint density at radius 3 is 1.11 bits per heavy atom. The molecule has 0 aliphatic carbocycles. The molecule has 12 aromatic rings. The Kier molecular flexibility index (Phi) is 26.3. The molecule has 3 aromatic carbocycles. The van der Waals surface area contributed by atoms with Crippen molar-refractivity contribution in [2.45, 2.75) is 154 Å². The van der Waals surface area contributed by atoms with Crippen LogP contribution in [0.1, 0.15) is 118 Å². The van der Waals surface area contributed by atoms with Gasteiger partial charge in [0.1, 0.15) is 44.2 Å². The van der Waals surface area contributed by atoms with Crippen molar-refractivity contribution in [1.29, 1.82) is 0 Å². The Hall–Kier alpha value is -13.1. The van der Waals surface area contributed by atoms with Crippen LogP contribution in [0.3, 0.4) is 0 Å².